The summed E-state index contributed by atoms with van der Waals surface area (Å²) in [5.74, 6) is 0.231. The highest BCUT2D eigenvalue weighted by molar-refractivity contribution is 6.42. The van der Waals surface area contributed by atoms with Crippen LogP contribution in [0, 0.1) is 0 Å². The van der Waals surface area contributed by atoms with Crippen molar-refractivity contribution in [2.75, 3.05) is 45.2 Å². The van der Waals surface area contributed by atoms with E-state index in [4.69, 9.17) is 23.2 Å². The van der Waals surface area contributed by atoms with Crippen LogP contribution in [0.2, 0.25) is 10.0 Å². The lowest BCUT2D eigenvalue weighted by Crippen LogP contribution is -2.44. The van der Waals surface area contributed by atoms with Crippen molar-refractivity contribution >= 4 is 34.8 Å². The van der Waals surface area contributed by atoms with Gasteiger partial charge in [0.2, 0.25) is 5.91 Å². The molecule has 7 heteroatoms. The van der Waals surface area contributed by atoms with Crippen LogP contribution in [-0.4, -0.2) is 61.1 Å². The lowest BCUT2D eigenvalue weighted by Gasteiger charge is -2.36. The molecule has 0 saturated carbocycles. The normalized spacial score (nSPS) is 14.9. The molecule has 1 unspecified atom stereocenters. The number of phenolic OH excluding ortho intramolecular Hbond substituents is 1. The van der Waals surface area contributed by atoms with Crippen molar-refractivity contribution in [3.05, 3.63) is 82.3 Å². The van der Waals surface area contributed by atoms with Gasteiger partial charge in [-0.2, -0.15) is 0 Å². The first-order valence-corrected chi connectivity index (χ1v) is 12.6. The van der Waals surface area contributed by atoms with Crippen LogP contribution < -0.4 is 4.90 Å². The molecule has 35 heavy (non-hydrogen) atoms. The Labute approximate surface area is 217 Å². The molecule has 1 aliphatic rings. The Bertz CT molecular complexity index is 1160. The molecule has 0 radical (unpaired) electrons. The Hall–Kier alpha value is -2.57. The molecule has 1 amide bonds. The molecule has 0 bridgehead atoms. The Morgan fingerprint density at radius 3 is 2.29 bits per heavy atom. The van der Waals surface area contributed by atoms with Crippen LogP contribution in [0.5, 0.6) is 5.75 Å². The van der Waals surface area contributed by atoms with Crippen molar-refractivity contribution in [1.82, 2.24) is 9.80 Å². The number of anilines is 1. The molecule has 1 aliphatic heterocycles. The van der Waals surface area contributed by atoms with Gasteiger partial charge in [-0.1, -0.05) is 65.7 Å². The van der Waals surface area contributed by atoms with Crippen molar-refractivity contribution in [3.8, 4) is 16.9 Å². The van der Waals surface area contributed by atoms with Crippen LogP contribution in [0.25, 0.3) is 11.1 Å². The smallest absolute Gasteiger partial charge is 0.241 e. The predicted octanol–water partition coefficient (Wildman–Crippen LogP) is 6.10. The molecule has 4 rings (SSSR count). The van der Waals surface area contributed by atoms with Crippen molar-refractivity contribution in [2.45, 2.75) is 18.9 Å². The molecule has 5 nitrogen and oxygen atoms in total. The van der Waals surface area contributed by atoms with Crippen molar-refractivity contribution < 1.29 is 9.90 Å². The molecule has 0 aliphatic carbocycles. The molecule has 3 aromatic carbocycles. The molecule has 1 saturated heterocycles. The summed E-state index contributed by atoms with van der Waals surface area (Å²) in [6.45, 7) is 3.02. The van der Waals surface area contributed by atoms with Gasteiger partial charge in [0.15, 0.2) is 0 Å². The summed E-state index contributed by atoms with van der Waals surface area (Å²) in [5.41, 5.74) is 3.45. The minimum Gasteiger partial charge on any atom is -0.507 e. The van der Waals surface area contributed by atoms with Gasteiger partial charge < -0.3 is 19.8 Å². The number of phenols is 1. The number of hydrogen-bond acceptors (Lipinski definition) is 4. The van der Waals surface area contributed by atoms with Crippen molar-refractivity contribution in [2.24, 2.45) is 0 Å². The molecule has 1 fully saturated rings. The Balaban J connectivity index is 1.76. The van der Waals surface area contributed by atoms with Crippen LogP contribution in [-0.2, 0) is 4.79 Å². The van der Waals surface area contributed by atoms with Crippen LogP contribution in [0.3, 0.4) is 0 Å². The molecule has 1 atom stereocenters. The monoisotopic (exact) mass is 511 g/mol. The van der Waals surface area contributed by atoms with E-state index >= 15 is 0 Å². The number of likely N-dealkylation sites (tertiary alicyclic amines) is 1. The number of para-hydroxylation sites is 1. The topological polar surface area (TPSA) is 47.0 Å². The van der Waals surface area contributed by atoms with Gasteiger partial charge in [0.1, 0.15) is 5.75 Å². The van der Waals surface area contributed by atoms with Gasteiger partial charge in [0.05, 0.1) is 22.6 Å². The van der Waals surface area contributed by atoms with E-state index in [1.165, 1.54) is 0 Å². The highest BCUT2D eigenvalue weighted by atomic mass is 35.5. The number of rotatable bonds is 8. The fourth-order valence-corrected chi connectivity index (χ4v) is 4.92. The van der Waals surface area contributed by atoms with Gasteiger partial charge in [0, 0.05) is 17.8 Å². The average molecular weight is 512 g/mol. The van der Waals surface area contributed by atoms with Crippen LogP contribution in [0.1, 0.15) is 24.4 Å². The highest BCUT2D eigenvalue weighted by Crippen LogP contribution is 2.35. The quantitative estimate of drug-likeness (QED) is 0.397. The summed E-state index contributed by atoms with van der Waals surface area (Å²) in [6.07, 6.45) is 2.33. The maximum Gasteiger partial charge on any atom is 0.241 e. The summed E-state index contributed by atoms with van der Waals surface area (Å²) >= 11 is 12.6. The number of halogens is 2. The second-order valence-electron chi connectivity index (χ2n) is 9.26. The van der Waals surface area contributed by atoms with E-state index < -0.39 is 0 Å². The number of likely N-dealkylation sites (N-methyl/N-ethyl adjacent to an activating group) is 1. The maximum atomic E-state index is 13.6. The van der Waals surface area contributed by atoms with Gasteiger partial charge >= 0.3 is 0 Å². The summed E-state index contributed by atoms with van der Waals surface area (Å²) in [7, 11) is 3.78. The lowest BCUT2D eigenvalue weighted by atomic mass is 9.98. The minimum atomic E-state index is -0.212. The minimum absolute atomic E-state index is 0.0117. The molecule has 184 valence electrons. The second kappa shape index (κ2) is 11.4. The lowest BCUT2D eigenvalue weighted by molar-refractivity contribution is -0.119. The SMILES string of the molecule is CN(C)CC(=O)N(c1ccc(Cl)c(Cl)c1)C(CN1CCCC1)c1ccc(-c2ccccc2O)cc1. The zero-order valence-electron chi connectivity index (χ0n) is 20.1. The first kappa shape index (κ1) is 25.5. The van der Waals surface area contributed by atoms with E-state index in [1.54, 1.807) is 18.2 Å². The number of nitrogens with zero attached hydrogens (tertiary/aromatic N) is 3. The zero-order valence-corrected chi connectivity index (χ0v) is 21.6. The molecule has 0 aromatic heterocycles. The van der Waals surface area contributed by atoms with Gasteiger partial charge in [-0.3, -0.25) is 4.79 Å². The average Bonchev–Trinajstić information content (AvgIpc) is 3.34. The Morgan fingerprint density at radius 1 is 0.971 bits per heavy atom. The van der Waals surface area contributed by atoms with Crippen molar-refractivity contribution in [3.63, 3.8) is 0 Å². The number of carbonyl (C=O) groups excluding carboxylic acids is 1. The van der Waals surface area contributed by atoms with E-state index in [-0.39, 0.29) is 24.2 Å². The van der Waals surface area contributed by atoms with E-state index in [0.717, 1.165) is 54.9 Å². The van der Waals surface area contributed by atoms with Gasteiger partial charge in [-0.15, -0.1) is 0 Å². The van der Waals surface area contributed by atoms with Gasteiger partial charge in [-0.25, -0.2) is 0 Å². The summed E-state index contributed by atoms with van der Waals surface area (Å²) in [5, 5.41) is 11.2. The number of carbonyl (C=O) groups is 1. The van der Waals surface area contributed by atoms with Gasteiger partial charge in [-0.05, 0) is 75.4 Å². The third-order valence-electron chi connectivity index (χ3n) is 6.35. The molecule has 0 spiro atoms. The van der Waals surface area contributed by atoms with E-state index in [9.17, 15) is 9.90 Å². The second-order valence-corrected chi connectivity index (χ2v) is 10.1. The number of amides is 1. The fraction of sp³-hybridized carbons (Fsp3) is 0.321. The first-order valence-electron chi connectivity index (χ1n) is 11.9. The summed E-state index contributed by atoms with van der Waals surface area (Å²) in [6, 6.07) is 20.6. The predicted molar refractivity (Wildman–Crippen MR) is 144 cm³/mol. The highest BCUT2D eigenvalue weighted by Gasteiger charge is 2.30. The van der Waals surface area contributed by atoms with E-state index in [2.05, 4.69) is 17.0 Å². The Kier molecular flexibility index (Phi) is 8.34. The first-order chi connectivity index (χ1) is 16.8. The largest absolute Gasteiger partial charge is 0.507 e. The van der Waals surface area contributed by atoms with E-state index in [0.29, 0.717) is 10.0 Å². The number of aromatic hydroxyl groups is 1. The summed E-state index contributed by atoms with van der Waals surface area (Å²) < 4.78 is 0. The fourth-order valence-electron chi connectivity index (χ4n) is 4.63. The van der Waals surface area contributed by atoms with Crippen LogP contribution in [0.15, 0.2) is 66.7 Å². The van der Waals surface area contributed by atoms with Gasteiger partial charge in [0.25, 0.3) is 0 Å². The molecular formula is C28H31Cl2N3O2. The van der Waals surface area contributed by atoms with Crippen LogP contribution >= 0.6 is 23.2 Å². The molecule has 1 N–H and O–H groups in total. The third kappa shape index (κ3) is 6.17. The Morgan fingerprint density at radius 2 is 1.66 bits per heavy atom. The number of benzene rings is 3. The summed E-state index contributed by atoms with van der Waals surface area (Å²) in [4.78, 5) is 19.8. The van der Waals surface area contributed by atoms with Crippen LogP contribution in [0.4, 0.5) is 5.69 Å². The molecule has 3 aromatic rings. The van der Waals surface area contributed by atoms with Crippen molar-refractivity contribution in [1.29, 1.82) is 0 Å². The third-order valence-corrected chi connectivity index (χ3v) is 7.09. The van der Waals surface area contributed by atoms with E-state index in [1.807, 2.05) is 60.3 Å². The number of hydrogen-bond donors (Lipinski definition) is 1. The molecular weight excluding hydrogens is 481 g/mol. The maximum absolute atomic E-state index is 13.6. The molecule has 1 heterocycles. The zero-order chi connectivity index (χ0) is 24.9. The standard InChI is InChI=1S/C28H31Cl2N3O2/c1-31(2)19-28(35)33(22-13-14-24(29)25(30)17-22)26(18-32-15-5-6-16-32)21-11-9-20(10-12-21)23-7-3-4-8-27(23)34/h3-4,7-14,17,26,34H,5-6,15-16,18-19H2,1-2H3.